The highest BCUT2D eigenvalue weighted by atomic mass is 19.1. The molecular weight excluding hydrogens is 353 g/mol. The van der Waals surface area contributed by atoms with E-state index in [9.17, 15) is 9.65 Å². The molecule has 0 radical (unpaired) electrons. The SMILES string of the molecule is Cn1cncc1CN1CC(NCc2ccccc2F)Cc2cc(C#N)ccc21. The molecule has 0 amide bonds. The second-order valence-corrected chi connectivity index (χ2v) is 7.21. The number of nitrogens with zero attached hydrogens (tertiary/aromatic N) is 4. The Labute approximate surface area is 164 Å². The van der Waals surface area contributed by atoms with Crippen molar-refractivity contribution in [2.75, 3.05) is 11.4 Å². The van der Waals surface area contributed by atoms with Crippen LogP contribution in [0.15, 0.2) is 55.0 Å². The van der Waals surface area contributed by atoms with Crippen LogP contribution in [0.1, 0.15) is 22.4 Å². The summed E-state index contributed by atoms with van der Waals surface area (Å²) in [5.41, 5.74) is 4.72. The summed E-state index contributed by atoms with van der Waals surface area (Å²) >= 11 is 0. The molecule has 1 aliphatic heterocycles. The summed E-state index contributed by atoms with van der Waals surface area (Å²) in [6.07, 6.45) is 4.48. The Kier molecular flexibility index (Phi) is 5.09. The average Bonchev–Trinajstić information content (AvgIpc) is 3.11. The molecule has 1 aliphatic rings. The van der Waals surface area contributed by atoms with Crippen LogP contribution in [0, 0.1) is 17.1 Å². The first kappa shape index (κ1) is 18.2. The van der Waals surface area contributed by atoms with Crippen LogP contribution in [0.5, 0.6) is 0 Å². The molecule has 0 bridgehead atoms. The third-order valence-corrected chi connectivity index (χ3v) is 5.26. The number of nitriles is 1. The minimum absolute atomic E-state index is 0.161. The van der Waals surface area contributed by atoms with E-state index in [-0.39, 0.29) is 11.9 Å². The van der Waals surface area contributed by atoms with Crippen molar-refractivity contribution in [2.45, 2.75) is 25.6 Å². The fourth-order valence-corrected chi connectivity index (χ4v) is 3.74. The van der Waals surface area contributed by atoms with Gasteiger partial charge in [-0.1, -0.05) is 18.2 Å². The van der Waals surface area contributed by atoms with Crippen LogP contribution in [0.2, 0.25) is 0 Å². The molecule has 1 atom stereocenters. The maximum absolute atomic E-state index is 14.0. The van der Waals surface area contributed by atoms with Gasteiger partial charge in [-0.3, -0.25) is 0 Å². The minimum Gasteiger partial charge on any atom is -0.364 e. The highest BCUT2D eigenvalue weighted by Crippen LogP contribution is 2.29. The Morgan fingerprint density at radius 2 is 2.14 bits per heavy atom. The Morgan fingerprint density at radius 3 is 2.89 bits per heavy atom. The molecule has 6 heteroatoms. The number of rotatable bonds is 5. The van der Waals surface area contributed by atoms with E-state index in [1.165, 1.54) is 6.07 Å². The number of nitrogens with one attached hydrogen (secondary N) is 1. The first-order chi connectivity index (χ1) is 13.6. The number of fused-ring (bicyclic) bond motifs is 1. The summed E-state index contributed by atoms with van der Waals surface area (Å²) in [4.78, 5) is 6.51. The van der Waals surface area contributed by atoms with Crippen molar-refractivity contribution in [3.05, 3.63) is 83.2 Å². The van der Waals surface area contributed by atoms with E-state index >= 15 is 0 Å². The lowest BCUT2D eigenvalue weighted by molar-refractivity contribution is 0.470. The molecule has 142 valence electrons. The summed E-state index contributed by atoms with van der Waals surface area (Å²) in [6.45, 7) is 2.01. The molecule has 0 spiro atoms. The molecule has 2 heterocycles. The van der Waals surface area contributed by atoms with Gasteiger partial charge in [-0.25, -0.2) is 9.37 Å². The molecule has 1 aromatic heterocycles. The van der Waals surface area contributed by atoms with Gasteiger partial charge in [-0.05, 0) is 36.2 Å². The molecule has 3 aromatic rings. The molecule has 0 fully saturated rings. The summed E-state index contributed by atoms with van der Waals surface area (Å²) in [5.74, 6) is -0.190. The highest BCUT2D eigenvalue weighted by molar-refractivity contribution is 5.59. The molecule has 1 N–H and O–H groups in total. The predicted molar refractivity (Wildman–Crippen MR) is 106 cm³/mol. The molecule has 0 aliphatic carbocycles. The lowest BCUT2D eigenvalue weighted by Crippen LogP contribution is -2.46. The van der Waals surface area contributed by atoms with Crippen LogP contribution < -0.4 is 10.2 Å². The number of aromatic nitrogens is 2. The zero-order valence-electron chi connectivity index (χ0n) is 15.8. The zero-order chi connectivity index (χ0) is 19.5. The van der Waals surface area contributed by atoms with Crippen molar-refractivity contribution in [3.8, 4) is 6.07 Å². The van der Waals surface area contributed by atoms with Gasteiger partial charge in [0, 0.05) is 43.6 Å². The van der Waals surface area contributed by atoms with Gasteiger partial charge in [0.05, 0.1) is 30.2 Å². The van der Waals surface area contributed by atoms with Crippen molar-refractivity contribution in [1.29, 1.82) is 5.26 Å². The topological polar surface area (TPSA) is 56.9 Å². The maximum Gasteiger partial charge on any atom is 0.127 e. The maximum atomic E-state index is 14.0. The Balaban J connectivity index is 1.57. The Hall–Kier alpha value is -3.17. The highest BCUT2D eigenvalue weighted by Gasteiger charge is 2.25. The van der Waals surface area contributed by atoms with Gasteiger partial charge in [-0.2, -0.15) is 5.26 Å². The van der Waals surface area contributed by atoms with E-state index in [0.29, 0.717) is 17.7 Å². The van der Waals surface area contributed by atoms with Gasteiger partial charge in [-0.15, -0.1) is 0 Å². The molecule has 1 unspecified atom stereocenters. The molecule has 4 rings (SSSR count). The molecule has 0 saturated heterocycles. The smallest absolute Gasteiger partial charge is 0.127 e. The number of aryl methyl sites for hydroxylation is 1. The molecular formula is C22H22FN5. The normalized spacial score (nSPS) is 15.9. The number of hydrogen-bond donors (Lipinski definition) is 1. The third-order valence-electron chi connectivity index (χ3n) is 5.26. The lowest BCUT2D eigenvalue weighted by Gasteiger charge is -2.36. The van der Waals surface area contributed by atoms with Gasteiger partial charge >= 0.3 is 0 Å². The van der Waals surface area contributed by atoms with Gasteiger partial charge in [0.25, 0.3) is 0 Å². The van der Waals surface area contributed by atoms with E-state index in [0.717, 1.165) is 36.5 Å². The van der Waals surface area contributed by atoms with E-state index < -0.39 is 0 Å². The Bertz CT molecular complexity index is 1020. The van der Waals surface area contributed by atoms with Crippen LogP contribution >= 0.6 is 0 Å². The monoisotopic (exact) mass is 375 g/mol. The minimum atomic E-state index is -0.190. The van der Waals surface area contributed by atoms with Gasteiger partial charge in [0.2, 0.25) is 0 Å². The van der Waals surface area contributed by atoms with Gasteiger partial charge in [0.1, 0.15) is 5.82 Å². The van der Waals surface area contributed by atoms with Gasteiger partial charge < -0.3 is 14.8 Å². The van der Waals surface area contributed by atoms with Crippen LogP contribution in [-0.4, -0.2) is 22.1 Å². The lowest BCUT2D eigenvalue weighted by atomic mass is 9.95. The van der Waals surface area contributed by atoms with E-state index in [4.69, 9.17) is 0 Å². The summed E-state index contributed by atoms with van der Waals surface area (Å²) in [5, 5.41) is 12.8. The van der Waals surface area contributed by atoms with Crippen molar-refractivity contribution in [2.24, 2.45) is 7.05 Å². The standard InChI is InChI=1S/C22H22FN5/c1-27-15-25-12-20(27)14-28-13-19(26-11-17-4-2-3-5-21(17)23)9-18-8-16(10-24)6-7-22(18)28/h2-8,12,15,19,26H,9,11,13-14H2,1H3. The van der Waals surface area contributed by atoms with Crippen LogP contribution in [0.4, 0.5) is 10.1 Å². The largest absolute Gasteiger partial charge is 0.364 e. The van der Waals surface area contributed by atoms with Crippen molar-refractivity contribution in [1.82, 2.24) is 14.9 Å². The van der Waals surface area contributed by atoms with E-state index in [2.05, 4.69) is 21.3 Å². The fourth-order valence-electron chi connectivity index (χ4n) is 3.74. The first-order valence-corrected chi connectivity index (χ1v) is 9.34. The summed E-state index contributed by atoms with van der Waals surface area (Å²) < 4.78 is 16.0. The second-order valence-electron chi connectivity index (χ2n) is 7.21. The van der Waals surface area contributed by atoms with Crippen LogP contribution in [-0.2, 0) is 26.6 Å². The second kappa shape index (κ2) is 7.83. The Morgan fingerprint density at radius 1 is 1.29 bits per heavy atom. The third kappa shape index (κ3) is 3.75. The number of hydrogen-bond acceptors (Lipinski definition) is 4. The number of benzene rings is 2. The molecule has 0 saturated carbocycles. The fraction of sp³-hybridized carbons (Fsp3) is 0.273. The average molecular weight is 375 g/mol. The zero-order valence-corrected chi connectivity index (χ0v) is 15.8. The summed E-state index contributed by atoms with van der Waals surface area (Å²) in [6, 6.07) is 15.1. The van der Waals surface area contributed by atoms with Crippen molar-refractivity contribution < 1.29 is 4.39 Å². The summed E-state index contributed by atoms with van der Waals surface area (Å²) in [7, 11) is 1.99. The van der Waals surface area contributed by atoms with E-state index in [1.807, 2.05) is 42.1 Å². The number of imidazole rings is 1. The van der Waals surface area contributed by atoms with Crippen LogP contribution in [0.25, 0.3) is 0 Å². The quantitative estimate of drug-likeness (QED) is 0.744. The van der Waals surface area contributed by atoms with Crippen LogP contribution in [0.3, 0.4) is 0 Å². The van der Waals surface area contributed by atoms with Crippen molar-refractivity contribution >= 4 is 5.69 Å². The molecule has 2 aromatic carbocycles. The van der Waals surface area contributed by atoms with E-state index in [1.54, 1.807) is 18.5 Å². The molecule has 28 heavy (non-hydrogen) atoms. The number of halogens is 1. The predicted octanol–water partition coefficient (Wildman–Crippen LogP) is 3.15. The first-order valence-electron chi connectivity index (χ1n) is 9.34. The van der Waals surface area contributed by atoms with Gasteiger partial charge in [0.15, 0.2) is 0 Å². The van der Waals surface area contributed by atoms with Crippen molar-refractivity contribution in [3.63, 3.8) is 0 Å². The molecule has 5 nitrogen and oxygen atoms in total. The number of anilines is 1.